The highest BCUT2D eigenvalue weighted by Gasteiger charge is 2.13. The van der Waals surface area contributed by atoms with Gasteiger partial charge in [0.15, 0.2) is 11.5 Å². The van der Waals surface area contributed by atoms with E-state index in [1.54, 1.807) is 18.2 Å². The highest BCUT2D eigenvalue weighted by atomic mass is 16.5. The molecule has 0 radical (unpaired) electrons. The van der Waals surface area contributed by atoms with Crippen molar-refractivity contribution in [1.29, 1.82) is 0 Å². The summed E-state index contributed by atoms with van der Waals surface area (Å²) in [6.45, 7) is 1.10. The van der Waals surface area contributed by atoms with Crippen molar-refractivity contribution in [2.45, 2.75) is 26.2 Å². The Morgan fingerprint density at radius 3 is 1.63 bits per heavy atom. The molecular weight excluding hydrogens is 512 g/mol. The number of allylic oxidation sites excluding steroid dienone is 1. The van der Waals surface area contributed by atoms with Crippen LogP contribution in [-0.4, -0.2) is 10.2 Å². The lowest BCUT2D eigenvalue weighted by atomic mass is 10.1. The fourth-order valence-electron chi connectivity index (χ4n) is 4.30. The number of benzene rings is 5. The van der Waals surface area contributed by atoms with E-state index >= 15 is 0 Å². The molecule has 0 fully saturated rings. The van der Waals surface area contributed by atoms with Gasteiger partial charge in [-0.15, -0.1) is 0 Å². The quantitative estimate of drug-likeness (QED) is 0.166. The van der Waals surface area contributed by atoms with Gasteiger partial charge in [-0.25, -0.2) is 0 Å². The molecule has 2 N–H and O–H groups in total. The summed E-state index contributed by atoms with van der Waals surface area (Å²) in [6.07, 6.45) is 4.30. The second-order valence-electron chi connectivity index (χ2n) is 9.58. The third-order valence-electron chi connectivity index (χ3n) is 6.50. The number of hydrogen-bond donors (Lipinski definition) is 2. The molecule has 0 amide bonds. The lowest BCUT2D eigenvalue weighted by Gasteiger charge is -2.15. The van der Waals surface area contributed by atoms with E-state index in [0.717, 1.165) is 22.3 Å². The minimum absolute atomic E-state index is 0.0819. The van der Waals surface area contributed by atoms with E-state index in [4.69, 9.17) is 14.2 Å². The van der Waals surface area contributed by atoms with Crippen LogP contribution in [0.5, 0.6) is 28.7 Å². The van der Waals surface area contributed by atoms with E-state index in [1.807, 2.05) is 115 Å². The Labute approximate surface area is 240 Å². The Balaban J connectivity index is 1.31. The van der Waals surface area contributed by atoms with Crippen molar-refractivity contribution >= 4 is 6.08 Å². The van der Waals surface area contributed by atoms with E-state index in [2.05, 4.69) is 0 Å². The van der Waals surface area contributed by atoms with Gasteiger partial charge in [-0.1, -0.05) is 109 Å². The van der Waals surface area contributed by atoms with E-state index in [9.17, 15) is 10.2 Å². The van der Waals surface area contributed by atoms with Gasteiger partial charge in [0.05, 0.1) is 0 Å². The van der Waals surface area contributed by atoms with E-state index in [1.165, 1.54) is 0 Å². The molecule has 206 valence electrons. The molecule has 0 spiro atoms. The lowest BCUT2D eigenvalue weighted by molar-refractivity contribution is 0.284. The summed E-state index contributed by atoms with van der Waals surface area (Å²) in [5.74, 6) is 1.67. The first-order valence-corrected chi connectivity index (χ1v) is 13.5. The Hall–Kier alpha value is -5.16. The van der Waals surface area contributed by atoms with Gasteiger partial charge in [0.1, 0.15) is 37.1 Å². The molecule has 0 aliphatic carbocycles. The van der Waals surface area contributed by atoms with Gasteiger partial charge in [0.25, 0.3) is 0 Å². The summed E-state index contributed by atoms with van der Waals surface area (Å²) in [5, 5.41) is 21.2. The number of rotatable bonds is 12. The minimum Gasteiger partial charge on any atom is -0.507 e. The Morgan fingerprint density at radius 2 is 1.05 bits per heavy atom. The first-order valence-electron chi connectivity index (χ1n) is 13.5. The lowest BCUT2D eigenvalue weighted by Crippen LogP contribution is -2.01. The van der Waals surface area contributed by atoms with Crippen LogP contribution in [0.25, 0.3) is 6.08 Å². The third-order valence-corrected chi connectivity index (χ3v) is 6.50. The number of phenolic OH excluding ortho intramolecular Hbond substituents is 2. The summed E-state index contributed by atoms with van der Waals surface area (Å²) < 4.78 is 18.0. The second-order valence-corrected chi connectivity index (χ2v) is 9.58. The van der Waals surface area contributed by atoms with Crippen molar-refractivity contribution in [3.8, 4) is 28.7 Å². The molecule has 5 aromatic rings. The van der Waals surface area contributed by atoms with Crippen LogP contribution >= 0.6 is 0 Å². The van der Waals surface area contributed by atoms with Crippen molar-refractivity contribution in [3.05, 3.63) is 155 Å². The maximum atomic E-state index is 11.0. The monoisotopic (exact) mass is 544 g/mol. The Morgan fingerprint density at radius 1 is 0.512 bits per heavy atom. The highest BCUT2D eigenvalue weighted by Crippen LogP contribution is 2.35. The molecule has 41 heavy (non-hydrogen) atoms. The van der Waals surface area contributed by atoms with Crippen molar-refractivity contribution in [1.82, 2.24) is 0 Å². The normalized spacial score (nSPS) is 10.9. The molecule has 0 aliphatic rings. The van der Waals surface area contributed by atoms with E-state index in [0.29, 0.717) is 49.1 Å². The maximum Gasteiger partial charge on any atom is 0.162 e. The molecule has 5 aromatic carbocycles. The van der Waals surface area contributed by atoms with Crippen LogP contribution in [0, 0.1) is 0 Å². The highest BCUT2D eigenvalue weighted by molar-refractivity contribution is 5.57. The van der Waals surface area contributed by atoms with Gasteiger partial charge >= 0.3 is 0 Å². The molecule has 0 aromatic heterocycles. The first kappa shape index (κ1) is 27.4. The van der Waals surface area contributed by atoms with E-state index < -0.39 is 0 Å². The van der Waals surface area contributed by atoms with Crippen LogP contribution < -0.4 is 14.2 Å². The molecule has 0 atom stereocenters. The van der Waals surface area contributed by atoms with Crippen LogP contribution in [-0.2, 0) is 26.2 Å². The third kappa shape index (κ3) is 7.93. The molecule has 0 bridgehead atoms. The standard InChI is InChI=1S/C36H32O5/c37-33-20-19-27(21-36(33)41-26-30-15-8-3-9-16-30)17-10-18-32-34(38)22-31(39-24-28-11-4-1-5-12-28)23-35(32)40-25-29-13-6-2-7-14-29/h1-17,19-23,37-38H,18,24-26H2. The number of phenols is 2. The van der Waals surface area contributed by atoms with Crippen molar-refractivity contribution < 1.29 is 24.4 Å². The van der Waals surface area contributed by atoms with Gasteiger partial charge in [0, 0.05) is 17.7 Å². The van der Waals surface area contributed by atoms with Gasteiger partial charge < -0.3 is 24.4 Å². The predicted molar refractivity (Wildman–Crippen MR) is 161 cm³/mol. The largest absolute Gasteiger partial charge is 0.507 e. The summed E-state index contributed by atoms with van der Waals surface area (Å²) in [4.78, 5) is 0. The molecule has 0 saturated heterocycles. The minimum atomic E-state index is 0.0819. The summed E-state index contributed by atoms with van der Waals surface area (Å²) in [5.41, 5.74) is 4.59. The van der Waals surface area contributed by atoms with Gasteiger partial charge in [-0.3, -0.25) is 0 Å². The number of ether oxygens (including phenoxy) is 3. The summed E-state index contributed by atoms with van der Waals surface area (Å²) in [6, 6.07) is 38.2. The van der Waals surface area contributed by atoms with Crippen molar-refractivity contribution in [2.24, 2.45) is 0 Å². The smallest absolute Gasteiger partial charge is 0.162 e. The van der Waals surface area contributed by atoms with Crippen LogP contribution in [0.2, 0.25) is 0 Å². The van der Waals surface area contributed by atoms with Gasteiger partial charge in [-0.05, 0) is 40.8 Å². The van der Waals surface area contributed by atoms with Crippen LogP contribution in [0.15, 0.2) is 127 Å². The van der Waals surface area contributed by atoms with E-state index in [-0.39, 0.29) is 11.5 Å². The van der Waals surface area contributed by atoms with Crippen LogP contribution in [0.1, 0.15) is 27.8 Å². The average Bonchev–Trinajstić information content (AvgIpc) is 3.01. The fraction of sp³-hybridized carbons (Fsp3) is 0.111. The van der Waals surface area contributed by atoms with Crippen LogP contribution in [0.3, 0.4) is 0 Å². The second kappa shape index (κ2) is 13.8. The number of aromatic hydroxyl groups is 2. The average molecular weight is 545 g/mol. The Bertz CT molecular complexity index is 1560. The van der Waals surface area contributed by atoms with Crippen LogP contribution in [0.4, 0.5) is 0 Å². The number of hydrogen-bond acceptors (Lipinski definition) is 5. The molecular formula is C36H32O5. The molecule has 5 nitrogen and oxygen atoms in total. The first-order chi connectivity index (χ1) is 20.1. The predicted octanol–water partition coefficient (Wildman–Crippen LogP) is 8.09. The van der Waals surface area contributed by atoms with Gasteiger partial charge in [-0.2, -0.15) is 0 Å². The zero-order valence-corrected chi connectivity index (χ0v) is 22.6. The SMILES string of the molecule is Oc1ccc(C=CCc2c(O)cc(OCc3ccccc3)cc2OCc2ccccc2)cc1OCc1ccccc1. The Kier molecular flexibility index (Phi) is 9.20. The molecule has 0 unspecified atom stereocenters. The fourth-order valence-corrected chi connectivity index (χ4v) is 4.30. The summed E-state index contributed by atoms with van der Waals surface area (Å²) >= 11 is 0. The molecule has 0 aliphatic heterocycles. The van der Waals surface area contributed by atoms with Crippen molar-refractivity contribution in [2.75, 3.05) is 0 Å². The topological polar surface area (TPSA) is 68.2 Å². The molecule has 5 rings (SSSR count). The maximum absolute atomic E-state index is 11.0. The van der Waals surface area contributed by atoms with Gasteiger partial charge in [0.2, 0.25) is 0 Å². The zero-order chi connectivity index (χ0) is 28.3. The molecule has 0 heterocycles. The summed E-state index contributed by atoms with van der Waals surface area (Å²) in [7, 11) is 0. The van der Waals surface area contributed by atoms with Crippen molar-refractivity contribution in [3.63, 3.8) is 0 Å². The zero-order valence-electron chi connectivity index (χ0n) is 22.6. The molecule has 5 heteroatoms. The molecule has 0 saturated carbocycles.